The third kappa shape index (κ3) is 3.19. The molecule has 3 aliphatic rings. The molecule has 0 unspecified atom stereocenters. The highest BCUT2D eigenvalue weighted by Gasteiger charge is 2.44. The number of nitrogens with zero attached hydrogens (tertiary/aromatic N) is 4. The van der Waals surface area contributed by atoms with E-state index in [0.717, 1.165) is 56.6 Å². The zero-order chi connectivity index (χ0) is 17.4. The van der Waals surface area contributed by atoms with Crippen LogP contribution >= 0.6 is 0 Å². The lowest BCUT2D eigenvalue weighted by Gasteiger charge is -2.34. The molecule has 0 radical (unpaired) electrons. The summed E-state index contributed by atoms with van der Waals surface area (Å²) >= 11 is 0. The van der Waals surface area contributed by atoms with Crippen molar-refractivity contribution in [2.24, 2.45) is 5.92 Å². The van der Waals surface area contributed by atoms with E-state index in [1.54, 1.807) is 0 Å². The molecule has 5 rings (SSSR count). The minimum absolute atomic E-state index is 0.00522. The molecule has 4 heterocycles. The first-order valence-electron chi connectivity index (χ1n) is 9.60. The fraction of sp³-hybridized carbons (Fsp3) is 0.550. The second-order valence-electron chi connectivity index (χ2n) is 7.99. The van der Waals surface area contributed by atoms with Gasteiger partial charge in [-0.05, 0) is 43.4 Å². The van der Waals surface area contributed by atoms with Gasteiger partial charge in [0.15, 0.2) is 0 Å². The summed E-state index contributed by atoms with van der Waals surface area (Å²) in [6, 6.07) is 4.15. The topological polar surface area (TPSA) is 63.2 Å². The largest absolute Gasteiger partial charge is 0.376 e. The maximum absolute atomic E-state index is 5.94. The van der Waals surface area contributed by atoms with Gasteiger partial charge in [-0.1, -0.05) is 6.07 Å². The number of hydrogen-bond donors (Lipinski definition) is 1. The molecule has 1 spiro atoms. The highest BCUT2D eigenvalue weighted by molar-refractivity contribution is 5.36. The van der Waals surface area contributed by atoms with Crippen LogP contribution in [0.25, 0.3) is 0 Å². The molecule has 2 aromatic rings. The number of pyridine rings is 1. The molecule has 2 aliphatic heterocycles. The van der Waals surface area contributed by atoms with Crippen LogP contribution in [0.15, 0.2) is 30.7 Å². The summed E-state index contributed by atoms with van der Waals surface area (Å²) in [7, 11) is 0. The molecule has 0 amide bonds. The molecule has 2 aromatic heterocycles. The van der Waals surface area contributed by atoms with Gasteiger partial charge in [-0.3, -0.25) is 9.88 Å². The highest BCUT2D eigenvalue weighted by Crippen LogP contribution is 2.39. The predicted molar refractivity (Wildman–Crippen MR) is 98.7 cm³/mol. The van der Waals surface area contributed by atoms with Crippen molar-refractivity contribution in [1.82, 2.24) is 19.9 Å². The van der Waals surface area contributed by atoms with Gasteiger partial charge in [0.2, 0.25) is 5.95 Å². The number of aromatic nitrogens is 3. The molecule has 136 valence electrons. The molecule has 1 saturated heterocycles. The zero-order valence-corrected chi connectivity index (χ0v) is 15.0. The summed E-state index contributed by atoms with van der Waals surface area (Å²) in [5.41, 5.74) is 3.60. The van der Waals surface area contributed by atoms with Gasteiger partial charge in [0, 0.05) is 43.8 Å². The van der Waals surface area contributed by atoms with Crippen LogP contribution in [0.1, 0.15) is 36.1 Å². The second-order valence-corrected chi connectivity index (χ2v) is 7.99. The molecular formula is C20H25N5O. The number of nitrogens with one attached hydrogen (secondary N) is 1. The van der Waals surface area contributed by atoms with Crippen molar-refractivity contribution >= 4 is 5.95 Å². The van der Waals surface area contributed by atoms with Gasteiger partial charge in [0.25, 0.3) is 0 Å². The monoisotopic (exact) mass is 351 g/mol. The quantitative estimate of drug-likeness (QED) is 0.892. The Morgan fingerprint density at radius 2 is 2.27 bits per heavy atom. The van der Waals surface area contributed by atoms with E-state index in [1.807, 2.05) is 24.7 Å². The van der Waals surface area contributed by atoms with Crippen LogP contribution in [-0.4, -0.2) is 46.1 Å². The van der Waals surface area contributed by atoms with E-state index < -0.39 is 0 Å². The minimum atomic E-state index is -0.00522. The Labute approximate surface area is 154 Å². The van der Waals surface area contributed by atoms with Crippen LogP contribution in [-0.2, 0) is 23.3 Å². The summed E-state index contributed by atoms with van der Waals surface area (Å²) in [6.07, 6.45) is 9.49. The fourth-order valence-electron chi connectivity index (χ4n) is 4.19. The summed E-state index contributed by atoms with van der Waals surface area (Å²) in [5, 5.41) is 3.43. The molecule has 1 aliphatic carbocycles. The Balaban J connectivity index is 1.35. The molecule has 1 saturated carbocycles. The van der Waals surface area contributed by atoms with Crippen LogP contribution in [0.2, 0.25) is 0 Å². The standard InChI is InChI=1S/C20H25N5O/c1-2-16(8-21-6-1)11-25-7-5-20(13-25)14-26-12-17-10-23-19(24-18(17)20)22-9-15-3-4-15/h1-2,6,8,10,15H,3-5,7,9,11-14H2,(H,22,23,24)/t20-/m1/s1. The fourth-order valence-corrected chi connectivity index (χ4v) is 4.19. The van der Waals surface area contributed by atoms with Crippen molar-refractivity contribution < 1.29 is 4.74 Å². The Morgan fingerprint density at radius 1 is 1.31 bits per heavy atom. The first kappa shape index (κ1) is 16.1. The predicted octanol–water partition coefficient (Wildman–Crippen LogP) is 2.37. The van der Waals surface area contributed by atoms with E-state index >= 15 is 0 Å². The summed E-state index contributed by atoms with van der Waals surface area (Å²) in [4.78, 5) is 16.2. The number of hydrogen-bond acceptors (Lipinski definition) is 6. The van der Waals surface area contributed by atoms with E-state index in [9.17, 15) is 0 Å². The molecular weight excluding hydrogens is 326 g/mol. The van der Waals surface area contributed by atoms with E-state index in [1.165, 1.54) is 24.1 Å². The molecule has 1 N–H and O–H groups in total. The molecule has 6 heteroatoms. The van der Waals surface area contributed by atoms with Gasteiger partial charge < -0.3 is 10.1 Å². The first-order valence-corrected chi connectivity index (χ1v) is 9.60. The summed E-state index contributed by atoms with van der Waals surface area (Å²) < 4.78 is 5.94. The average molecular weight is 351 g/mol. The van der Waals surface area contributed by atoms with Crippen molar-refractivity contribution in [2.45, 2.75) is 37.8 Å². The third-order valence-corrected chi connectivity index (χ3v) is 5.81. The van der Waals surface area contributed by atoms with Crippen LogP contribution < -0.4 is 5.32 Å². The molecule has 0 bridgehead atoms. The van der Waals surface area contributed by atoms with Crippen molar-refractivity contribution in [3.63, 3.8) is 0 Å². The van der Waals surface area contributed by atoms with Gasteiger partial charge in [-0.25, -0.2) is 9.97 Å². The van der Waals surface area contributed by atoms with Crippen molar-refractivity contribution in [3.05, 3.63) is 47.5 Å². The zero-order valence-electron chi connectivity index (χ0n) is 15.0. The van der Waals surface area contributed by atoms with Gasteiger partial charge >= 0.3 is 0 Å². The lowest BCUT2D eigenvalue weighted by atomic mass is 9.80. The van der Waals surface area contributed by atoms with Crippen LogP contribution in [0.4, 0.5) is 5.95 Å². The Hall–Kier alpha value is -2.05. The minimum Gasteiger partial charge on any atom is -0.376 e. The molecule has 2 fully saturated rings. The first-order chi connectivity index (χ1) is 12.8. The van der Waals surface area contributed by atoms with E-state index in [2.05, 4.69) is 26.3 Å². The van der Waals surface area contributed by atoms with E-state index in [-0.39, 0.29) is 5.41 Å². The van der Waals surface area contributed by atoms with E-state index in [0.29, 0.717) is 6.61 Å². The summed E-state index contributed by atoms with van der Waals surface area (Å²) in [6.45, 7) is 5.35. The number of fused-ring (bicyclic) bond motifs is 2. The van der Waals surface area contributed by atoms with Crippen molar-refractivity contribution in [1.29, 1.82) is 0 Å². The lowest BCUT2D eigenvalue weighted by molar-refractivity contribution is 0.0503. The maximum atomic E-state index is 5.94. The van der Waals surface area contributed by atoms with Crippen LogP contribution in [0.3, 0.4) is 0 Å². The smallest absolute Gasteiger partial charge is 0.222 e. The SMILES string of the molecule is c1cncc(CN2CC[C@]3(COCc4cnc(NCC5CC5)nc43)C2)c1. The van der Waals surface area contributed by atoms with E-state index in [4.69, 9.17) is 9.72 Å². The average Bonchev–Trinajstić information content (AvgIpc) is 3.43. The van der Waals surface area contributed by atoms with Gasteiger partial charge in [0.05, 0.1) is 24.3 Å². The summed E-state index contributed by atoms with van der Waals surface area (Å²) in [5.74, 6) is 1.59. The maximum Gasteiger partial charge on any atom is 0.222 e. The second kappa shape index (κ2) is 6.59. The van der Waals surface area contributed by atoms with Gasteiger partial charge in [-0.15, -0.1) is 0 Å². The Kier molecular flexibility index (Phi) is 4.10. The Bertz CT molecular complexity index is 779. The van der Waals surface area contributed by atoms with Gasteiger partial charge in [0.1, 0.15) is 0 Å². The Morgan fingerprint density at radius 3 is 3.12 bits per heavy atom. The van der Waals surface area contributed by atoms with Crippen molar-refractivity contribution in [3.8, 4) is 0 Å². The normalized spacial score (nSPS) is 25.4. The third-order valence-electron chi connectivity index (χ3n) is 5.81. The molecule has 1 atom stereocenters. The molecule has 0 aromatic carbocycles. The van der Waals surface area contributed by atoms with Crippen LogP contribution in [0.5, 0.6) is 0 Å². The van der Waals surface area contributed by atoms with Crippen LogP contribution in [0, 0.1) is 5.92 Å². The number of anilines is 1. The lowest BCUT2D eigenvalue weighted by Crippen LogP contribution is -2.40. The van der Waals surface area contributed by atoms with Gasteiger partial charge in [-0.2, -0.15) is 0 Å². The number of rotatable bonds is 5. The molecule has 26 heavy (non-hydrogen) atoms. The number of ether oxygens (including phenoxy) is 1. The number of likely N-dealkylation sites (tertiary alicyclic amines) is 1. The van der Waals surface area contributed by atoms with Crippen molar-refractivity contribution in [2.75, 3.05) is 31.6 Å². The molecule has 6 nitrogen and oxygen atoms in total. The highest BCUT2D eigenvalue weighted by atomic mass is 16.5.